The van der Waals surface area contributed by atoms with E-state index in [1.165, 1.54) is 36.0 Å². The molecular formula is C17H21NS. The largest absolute Gasteiger partial charge is 0.306 e. The fourth-order valence-corrected chi connectivity index (χ4v) is 4.10. The van der Waals surface area contributed by atoms with Crippen LogP contribution in [0.1, 0.15) is 46.0 Å². The summed E-state index contributed by atoms with van der Waals surface area (Å²) in [5.74, 6) is 0. The smallest absolute Gasteiger partial charge is 0.0334 e. The monoisotopic (exact) mass is 271 g/mol. The van der Waals surface area contributed by atoms with E-state index in [0.717, 1.165) is 6.54 Å². The van der Waals surface area contributed by atoms with Crippen molar-refractivity contribution in [1.82, 2.24) is 5.32 Å². The van der Waals surface area contributed by atoms with Gasteiger partial charge in [0.05, 0.1) is 0 Å². The molecule has 1 aliphatic carbocycles. The third-order valence-corrected chi connectivity index (χ3v) is 4.88. The number of thiophene rings is 1. The van der Waals surface area contributed by atoms with Gasteiger partial charge in [-0.15, -0.1) is 11.3 Å². The Morgan fingerprint density at radius 2 is 2.00 bits per heavy atom. The van der Waals surface area contributed by atoms with Gasteiger partial charge in [0.15, 0.2) is 0 Å². The molecule has 0 radical (unpaired) electrons. The molecule has 1 aromatic carbocycles. The third kappa shape index (κ3) is 2.90. The number of hydrogen-bond donors (Lipinski definition) is 1. The molecule has 2 aromatic rings. The van der Waals surface area contributed by atoms with Crippen LogP contribution in [0.4, 0.5) is 0 Å². The van der Waals surface area contributed by atoms with Gasteiger partial charge in [0, 0.05) is 17.5 Å². The summed E-state index contributed by atoms with van der Waals surface area (Å²) in [7, 11) is 0. The van der Waals surface area contributed by atoms with Crippen LogP contribution < -0.4 is 5.32 Å². The topological polar surface area (TPSA) is 12.0 Å². The highest BCUT2D eigenvalue weighted by Gasteiger charge is 2.20. The predicted molar refractivity (Wildman–Crippen MR) is 82.8 cm³/mol. The summed E-state index contributed by atoms with van der Waals surface area (Å²) in [5, 5.41) is 5.98. The van der Waals surface area contributed by atoms with Crippen LogP contribution >= 0.6 is 11.3 Å². The number of fused-ring (bicyclic) bond motifs is 1. The van der Waals surface area contributed by atoms with Crippen LogP contribution in [-0.4, -0.2) is 0 Å². The van der Waals surface area contributed by atoms with Crippen molar-refractivity contribution in [3.8, 4) is 0 Å². The van der Waals surface area contributed by atoms with E-state index in [2.05, 4.69) is 48.8 Å². The molecule has 1 unspecified atom stereocenters. The molecule has 100 valence electrons. The lowest BCUT2D eigenvalue weighted by Crippen LogP contribution is -2.23. The molecule has 0 aliphatic heterocycles. The average molecular weight is 271 g/mol. The maximum atomic E-state index is 3.74. The highest BCUT2D eigenvalue weighted by molar-refractivity contribution is 7.10. The Bertz CT molecular complexity index is 550. The van der Waals surface area contributed by atoms with Crippen LogP contribution in [0.2, 0.25) is 0 Å². The van der Waals surface area contributed by atoms with Crippen molar-refractivity contribution in [3.05, 3.63) is 56.8 Å². The highest BCUT2D eigenvalue weighted by atomic mass is 32.1. The minimum absolute atomic E-state index is 0.552. The Hall–Kier alpha value is -1.12. The van der Waals surface area contributed by atoms with Crippen LogP contribution in [0.15, 0.2) is 29.6 Å². The summed E-state index contributed by atoms with van der Waals surface area (Å²) in [6, 6.07) is 9.67. The van der Waals surface area contributed by atoms with Gasteiger partial charge >= 0.3 is 0 Å². The van der Waals surface area contributed by atoms with Crippen LogP contribution in [0.25, 0.3) is 0 Å². The summed E-state index contributed by atoms with van der Waals surface area (Å²) in [5.41, 5.74) is 5.66. The Kier molecular flexibility index (Phi) is 3.72. The van der Waals surface area contributed by atoms with Gasteiger partial charge in [-0.05, 0) is 55.7 Å². The molecule has 0 saturated carbocycles. The molecular weight excluding hydrogens is 250 g/mol. The quantitative estimate of drug-likeness (QED) is 0.864. The molecule has 1 aliphatic rings. The average Bonchev–Trinajstić information content (AvgIpc) is 2.83. The van der Waals surface area contributed by atoms with Crippen molar-refractivity contribution in [2.75, 3.05) is 0 Å². The van der Waals surface area contributed by atoms with Gasteiger partial charge in [0.1, 0.15) is 0 Å². The van der Waals surface area contributed by atoms with Crippen molar-refractivity contribution in [3.63, 3.8) is 0 Å². The zero-order valence-electron chi connectivity index (χ0n) is 11.7. The Labute approximate surface area is 119 Å². The van der Waals surface area contributed by atoms with Gasteiger partial charge in [-0.2, -0.15) is 0 Å². The summed E-state index contributed by atoms with van der Waals surface area (Å²) in [6.07, 6.45) is 3.86. The Balaban J connectivity index is 1.70. The normalized spacial score (nSPS) is 18.3. The van der Waals surface area contributed by atoms with Crippen molar-refractivity contribution in [2.24, 2.45) is 0 Å². The molecule has 19 heavy (non-hydrogen) atoms. The fourth-order valence-electron chi connectivity index (χ4n) is 3.11. The Morgan fingerprint density at radius 3 is 2.79 bits per heavy atom. The van der Waals surface area contributed by atoms with Crippen LogP contribution in [0.5, 0.6) is 0 Å². The number of aryl methyl sites for hydroxylation is 3. The molecule has 0 amide bonds. The first-order valence-corrected chi connectivity index (χ1v) is 7.97. The van der Waals surface area contributed by atoms with E-state index in [1.54, 1.807) is 10.4 Å². The number of nitrogens with one attached hydrogen (secondary N) is 1. The lowest BCUT2D eigenvalue weighted by atomic mass is 9.94. The molecule has 1 N–H and O–H groups in total. The molecule has 1 aromatic heterocycles. The van der Waals surface area contributed by atoms with Gasteiger partial charge in [-0.25, -0.2) is 0 Å². The van der Waals surface area contributed by atoms with E-state index in [1.807, 2.05) is 11.3 Å². The molecule has 1 atom stereocenters. The predicted octanol–water partition coefficient (Wildman–Crippen LogP) is 4.53. The number of hydrogen-bond acceptors (Lipinski definition) is 2. The zero-order chi connectivity index (χ0) is 13.2. The second-order valence-electron chi connectivity index (χ2n) is 5.62. The maximum Gasteiger partial charge on any atom is 0.0334 e. The summed E-state index contributed by atoms with van der Waals surface area (Å²) >= 11 is 1.92. The van der Waals surface area contributed by atoms with Crippen LogP contribution in [-0.2, 0) is 13.0 Å². The van der Waals surface area contributed by atoms with Crippen molar-refractivity contribution >= 4 is 11.3 Å². The second-order valence-corrected chi connectivity index (χ2v) is 6.62. The minimum atomic E-state index is 0.552. The molecule has 0 spiro atoms. The van der Waals surface area contributed by atoms with Gasteiger partial charge in [-0.1, -0.05) is 29.3 Å². The first-order chi connectivity index (χ1) is 9.22. The van der Waals surface area contributed by atoms with E-state index in [9.17, 15) is 0 Å². The second kappa shape index (κ2) is 5.48. The van der Waals surface area contributed by atoms with E-state index >= 15 is 0 Å². The minimum Gasteiger partial charge on any atom is -0.306 e. The molecule has 2 heteroatoms. The molecule has 0 bridgehead atoms. The summed E-state index contributed by atoms with van der Waals surface area (Å²) < 4.78 is 0. The van der Waals surface area contributed by atoms with E-state index < -0.39 is 0 Å². The van der Waals surface area contributed by atoms with Crippen LogP contribution in [0.3, 0.4) is 0 Å². The fraction of sp³-hybridized carbons (Fsp3) is 0.412. The SMILES string of the molecule is Cc1cc(C)cc(CNC2CCCc3sccc32)c1. The molecule has 3 rings (SSSR count). The Morgan fingerprint density at radius 1 is 1.21 bits per heavy atom. The maximum absolute atomic E-state index is 3.74. The van der Waals surface area contributed by atoms with Gasteiger partial charge in [-0.3, -0.25) is 0 Å². The standard InChI is InChI=1S/C17H21NS/c1-12-8-13(2)10-14(9-12)11-18-16-4-3-5-17-15(16)6-7-19-17/h6-10,16,18H,3-5,11H2,1-2H3. The molecule has 0 fully saturated rings. The lowest BCUT2D eigenvalue weighted by Gasteiger charge is -2.24. The zero-order valence-corrected chi connectivity index (χ0v) is 12.5. The van der Waals surface area contributed by atoms with Gasteiger partial charge < -0.3 is 5.32 Å². The van der Waals surface area contributed by atoms with Crippen molar-refractivity contribution in [2.45, 2.75) is 45.7 Å². The van der Waals surface area contributed by atoms with Crippen molar-refractivity contribution < 1.29 is 0 Å². The van der Waals surface area contributed by atoms with Crippen molar-refractivity contribution in [1.29, 1.82) is 0 Å². The van der Waals surface area contributed by atoms with E-state index in [-0.39, 0.29) is 0 Å². The third-order valence-electron chi connectivity index (χ3n) is 3.89. The molecule has 1 nitrogen and oxygen atoms in total. The lowest BCUT2D eigenvalue weighted by molar-refractivity contribution is 0.463. The van der Waals surface area contributed by atoms with Gasteiger partial charge in [0.2, 0.25) is 0 Å². The van der Waals surface area contributed by atoms with Gasteiger partial charge in [0.25, 0.3) is 0 Å². The molecule has 1 heterocycles. The summed E-state index contributed by atoms with van der Waals surface area (Å²) in [4.78, 5) is 1.59. The van der Waals surface area contributed by atoms with E-state index in [0.29, 0.717) is 6.04 Å². The number of rotatable bonds is 3. The first kappa shape index (κ1) is 12.9. The van der Waals surface area contributed by atoms with E-state index in [4.69, 9.17) is 0 Å². The van der Waals surface area contributed by atoms with Crippen LogP contribution in [0, 0.1) is 13.8 Å². The first-order valence-electron chi connectivity index (χ1n) is 7.09. The molecule has 0 saturated heterocycles. The number of benzene rings is 1. The summed E-state index contributed by atoms with van der Waals surface area (Å²) in [6.45, 7) is 5.32. The highest BCUT2D eigenvalue weighted by Crippen LogP contribution is 2.33.